The van der Waals surface area contributed by atoms with Crippen molar-refractivity contribution in [1.29, 1.82) is 0 Å². The fourth-order valence-corrected chi connectivity index (χ4v) is 3.46. The van der Waals surface area contributed by atoms with Gasteiger partial charge >= 0.3 is 5.97 Å². The summed E-state index contributed by atoms with van der Waals surface area (Å²) in [6.45, 7) is 0. The zero-order valence-corrected chi connectivity index (χ0v) is 16.7. The SMILES string of the molecule is O=C(O)c1cc(Cl)ccc1-c1ccc(C=Nc2c(-c3ccco3)nc3ccccn23)o1. The Hall–Kier alpha value is -4.10. The lowest BCUT2D eigenvalue weighted by atomic mass is 10.1. The second-order valence-electron chi connectivity index (χ2n) is 6.65. The molecule has 0 saturated carbocycles. The summed E-state index contributed by atoms with van der Waals surface area (Å²) in [6, 6.07) is 17.3. The van der Waals surface area contributed by atoms with Crippen molar-refractivity contribution in [2.24, 2.45) is 4.99 Å². The first kappa shape index (κ1) is 18.9. The summed E-state index contributed by atoms with van der Waals surface area (Å²) >= 11 is 5.93. The van der Waals surface area contributed by atoms with Gasteiger partial charge in [0.1, 0.15) is 17.2 Å². The Morgan fingerprint density at radius 3 is 2.81 bits per heavy atom. The number of hydrogen-bond donors (Lipinski definition) is 1. The first-order valence-corrected chi connectivity index (χ1v) is 9.66. The standard InChI is InChI=1S/C23H14ClN3O4/c24-14-6-8-16(17(12-14)23(28)29)18-9-7-15(31-18)13-25-22-21(19-4-3-11-30-19)26-20-5-1-2-10-27(20)22/h1-13H,(H,28,29). The maximum Gasteiger partial charge on any atom is 0.336 e. The number of aliphatic imine (C=N–C) groups is 1. The van der Waals surface area contributed by atoms with E-state index >= 15 is 0 Å². The van der Waals surface area contributed by atoms with Crippen LogP contribution >= 0.6 is 11.6 Å². The Labute approximate surface area is 180 Å². The van der Waals surface area contributed by atoms with Gasteiger partial charge in [-0.3, -0.25) is 4.40 Å². The molecule has 8 heteroatoms. The minimum absolute atomic E-state index is 0.0622. The number of rotatable bonds is 5. The Morgan fingerprint density at radius 1 is 1.10 bits per heavy atom. The molecule has 0 bridgehead atoms. The van der Waals surface area contributed by atoms with E-state index in [0.29, 0.717) is 39.4 Å². The number of imidazole rings is 1. The first-order chi connectivity index (χ1) is 15.1. The van der Waals surface area contributed by atoms with E-state index in [1.54, 1.807) is 42.8 Å². The maximum absolute atomic E-state index is 11.6. The van der Waals surface area contributed by atoms with Crippen LogP contribution in [-0.4, -0.2) is 26.7 Å². The summed E-state index contributed by atoms with van der Waals surface area (Å²) in [5.41, 5.74) is 1.83. The first-order valence-electron chi connectivity index (χ1n) is 9.28. The predicted octanol–water partition coefficient (Wildman–Crippen LogP) is 5.96. The summed E-state index contributed by atoms with van der Waals surface area (Å²) in [7, 11) is 0. The number of aromatic carboxylic acids is 1. The van der Waals surface area contributed by atoms with Gasteiger partial charge in [0.25, 0.3) is 0 Å². The molecule has 4 heterocycles. The molecule has 4 aromatic heterocycles. The normalized spacial score (nSPS) is 11.5. The molecule has 0 atom stereocenters. The Kier molecular flexibility index (Phi) is 4.65. The van der Waals surface area contributed by atoms with Gasteiger partial charge < -0.3 is 13.9 Å². The van der Waals surface area contributed by atoms with Crippen LogP contribution in [0.4, 0.5) is 5.82 Å². The lowest BCUT2D eigenvalue weighted by Gasteiger charge is -2.03. The molecular formula is C23H14ClN3O4. The molecule has 0 saturated heterocycles. The fourth-order valence-electron chi connectivity index (χ4n) is 3.28. The zero-order valence-electron chi connectivity index (χ0n) is 15.9. The van der Waals surface area contributed by atoms with Crippen molar-refractivity contribution in [3.05, 3.63) is 89.5 Å². The van der Waals surface area contributed by atoms with Crippen molar-refractivity contribution in [3.8, 4) is 22.8 Å². The molecule has 0 unspecified atom stereocenters. The molecule has 0 amide bonds. The molecule has 0 fully saturated rings. The van der Waals surface area contributed by atoms with Crippen LogP contribution in [0.2, 0.25) is 5.02 Å². The highest BCUT2D eigenvalue weighted by atomic mass is 35.5. The molecule has 0 aliphatic heterocycles. The van der Waals surface area contributed by atoms with Crippen molar-refractivity contribution in [3.63, 3.8) is 0 Å². The van der Waals surface area contributed by atoms with Crippen molar-refractivity contribution < 1.29 is 18.7 Å². The third-order valence-corrected chi connectivity index (χ3v) is 4.91. The van der Waals surface area contributed by atoms with Crippen molar-refractivity contribution >= 4 is 35.2 Å². The Balaban J connectivity index is 1.54. The van der Waals surface area contributed by atoms with E-state index in [9.17, 15) is 9.90 Å². The number of aromatic nitrogens is 2. The van der Waals surface area contributed by atoms with E-state index in [1.807, 2.05) is 34.9 Å². The van der Waals surface area contributed by atoms with Crippen molar-refractivity contribution in [2.45, 2.75) is 0 Å². The summed E-state index contributed by atoms with van der Waals surface area (Å²) < 4.78 is 13.2. The second kappa shape index (κ2) is 7.62. The minimum atomic E-state index is -1.09. The monoisotopic (exact) mass is 431 g/mol. The topological polar surface area (TPSA) is 93.2 Å². The summed E-state index contributed by atoms with van der Waals surface area (Å²) in [4.78, 5) is 20.8. The number of carboxylic acids is 1. The van der Waals surface area contributed by atoms with Crippen LogP contribution in [0, 0.1) is 0 Å². The molecule has 31 heavy (non-hydrogen) atoms. The van der Waals surface area contributed by atoms with Crippen LogP contribution in [0.25, 0.3) is 28.4 Å². The highest BCUT2D eigenvalue weighted by Gasteiger charge is 2.17. The third-order valence-electron chi connectivity index (χ3n) is 4.68. The number of halogens is 1. The van der Waals surface area contributed by atoms with Crippen molar-refractivity contribution in [2.75, 3.05) is 0 Å². The van der Waals surface area contributed by atoms with E-state index in [-0.39, 0.29) is 5.56 Å². The lowest BCUT2D eigenvalue weighted by molar-refractivity contribution is 0.0697. The van der Waals surface area contributed by atoms with Gasteiger partial charge in [0.05, 0.1) is 18.0 Å². The largest absolute Gasteiger partial charge is 0.478 e. The molecule has 0 aliphatic rings. The number of pyridine rings is 1. The van der Waals surface area contributed by atoms with Gasteiger partial charge in [0.2, 0.25) is 0 Å². The molecule has 5 aromatic rings. The number of carbonyl (C=O) groups is 1. The summed E-state index contributed by atoms with van der Waals surface area (Å²) in [6.07, 6.45) is 5.00. The van der Waals surface area contributed by atoms with Crippen LogP contribution in [0.3, 0.4) is 0 Å². The van der Waals surface area contributed by atoms with Gasteiger partial charge in [0.15, 0.2) is 17.3 Å². The van der Waals surface area contributed by atoms with E-state index in [2.05, 4.69) is 9.98 Å². The minimum Gasteiger partial charge on any atom is -0.478 e. The Morgan fingerprint density at radius 2 is 2.00 bits per heavy atom. The molecule has 1 N–H and O–H groups in total. The van der Waals surface area contributed by atoms with Gasteiger partial charge in [-0.05, 0) is 54.6 Å². The molecule has 0 radical (unpaired) electrons. The number of nitrogens with zero attached hydrogens (tertiary/aromatic N) is 3. The summed E-state index contributed by atoms with van der Waals surface area (Å²) in [5.74, 6) is 0.958. The van der Waals surface area contributed by atoms with E-state index in [4.69, 9.17) is 20.4 Å². The van der Waals surface area contributed by atoms with Crippen LogP contribution in [0.1, 0.15) is 16.1 Å². The van der Waals surface area contributed by atoms with E-state index in [0.717, 1.165) is 5.65 Å². The average Bonchev–Trinajstić information content (AvgIpc) is 3.51. The van der Waals surface area contributed by atoms with Crippen LogP contribution in [-0.2, 0) is 0 Å². The number of fused-ring (bicyclic) bond motifs is 1. The van der Waals surface area contributed by atoms with Crippen LogP contribution < -0.4 is 0 Å². The van der Waals surface area contributed by atoms with Gasteiger partial charge in [-0.1, -0.05) is 17.7 Å². The van der Waals surface area contributed by atoms with Gasteiger partial charge in [0, 0.05) is 16.8 Å². The quantitative estimate of drug-likeness (QED) is 0.347. The number of carboxylic acid groups (broad SMARTS) is 1. The zero-order chi connectivity index (χ0) is 21.4. The smallest absolute Gasteiger partial charge is 0.336 e. The van der Waals surface area contributed by atoms with E-state index < -0.39 is 5.97 Å². The Bertz CT molecular complexity index is 1430. The lowest BCUT2D eigenvalue weighted by Crippen LogP contribution is -1.98. The molecule has 5 rings (SSSR count). The van der Waals surface area contributed by atoms with Crippen molar-refractivity contribution in [1.82, 2.24) is 9.38 Å². The molecule has 152 valence electrons. The third kappa shape index (κ3) is 3.51. The maximum atomic E-state index is 11.6. The van der Waals surface area contributed by atoms with E-state index in [1.165, 1.54) is 6.07 Å². The number of furan rings is 2. The molecule has 0 aliphatic carbocycles. The van der Waals surface area contributed by atoms with Crippen LogP contribution in [0.15, 0.2) is 87.0 Å². The van der Waals surface area contributed by atoms with Gasteiger partial charge in [-0.25, -0.2) is 14.8 Å². The number of hydrogen-bond acceptors (Lipinski definition) is 5. The molecular weight excluding hydrogens is 418 g/mol. The molecule has 7 nitrogen and oxygen atoms in total. The highest BCUT2D eigenvalue weighted by Crippen LogP contribution is 2.32. The highest BCUT2D eigenvalue weighted by molar-refractivity contribution is 6.31. The van der Waals surface area contributed by atoms with Gasteiger partial charge in [-0.15, -0.1) is 0 Å². The molecule has 1 aromatic carbocycles. The predicted molar refractivity (Wildman–Crippen MR) is 116 cm³/mol. The second-order valence-corrected chi connectivity index (χ2v) is 7.08. The van der Waals surface area contributed by atoms with Crippen LogP contribution in [0.5, 0.6) is 0 Å². The molecule has 0 spiro atoms. The average molecular weight is 432 g/mol. The number of benzene rings is 1. The fraction of sp³-hybridized carbons (Fsp3) is 0. The summed E-state index contributed by atoms with van der Waals surface area (Å²) in [5, 5.41) is 9.80. The van der Waals surface area contributed by atoms with Gasteiger partial charge in [-0.2, -0.15) is 0 Å².